The lowest BCUT2D eigenvalue weighted by atomic mass is 9.72. The molecule has 1 rings (SSSR count). The van der Waals surface area contributed by atoms with Crippen LogP contribution in [0.4, 0.5) is 0 Å². The topological polar surface area (TPSA) is 23.5 Å². The third-order valence-electron chi connectivity index (χ3n) is 4.44. The first-order valence-electron chi connectivity index (χ1n) is 6.90. The van der Waals surface area contributed by atoms with Crippen LogP contribution in [0.3, 0.4) is 0 Å². The number of likely N-dealkylation sites (N-methyl/N-ethyl adjacent to an activating group) is 1. The molecule has 1 aliphatic carbocycles. The van der Waals surface area contributed by atoms with Gasteiger partial charge < -0.3 is 10.0 Å². The van der Waals surface area contributed by atoms with Gasteiger partial charge in [-0.25, -0.2) is 0 Å². The predicted molar refractivity (Wildman–Crippen MR) is 69.6 cm³/mol. The van der Waals surface area contributed by atoms with E-state index in [-0.39, 0.29) is 11.6 Å². The smallest absolute Gasteiger partial charge is 0.0749 e. The summed E-state index contributed by atoms with van der Waals surface area (Å²) in [6, 6.07) is 0. The molecule has 96 valence electrons. The van der Waals surface area contributed by atoms with E-state index in [1.165, 1.54) is 25.7 Å². The zero-order chi connectivity index (χ0) is 12.2. The number of hydrogen-bond acceptors (Lipinski definition) is 2. The Hall–Kier alpha value is -0.0800. The van der Waals surface area contributed by atoms with Crippen molar-refractivity contribution in [2.24, 2.45) is 5.92 Å². The van der Waals surface area contributed by atoms with Crippen molar-refractivity contribution in [3.05, 3.63) is 0 Å². The summed E-state index contributed by atoms with van der Waals surface area (Å²) in [4.78, 5) is 2.28. The summed E-state index contributed by atoms with van der Waals surface area (Å²) in [6.07, 6.45) is 8.35. The molecule has 0 aromatic carbocycles. The molecule has 0 heterocycles. The monoisotopic (exact) mass is 227 g/mol. The van der Waals surface area contributed by atoms with E-state index in [1.807, 2.05) is 0 Å². The van der Waals surface area contributed by atoms with Crippen LogP contribution in [-0.4, -0.2) is 35.7 Å². The third kappa shape index (κ3) is 2.78. The molecule has 2 unspecified atom stereocenters. The average Bonchev–Trinajstić information content (AvgIpc) is 2.29. The number of rotatable bonds is 5. The van der Waals surface area contributed by atoms with Gasteiger partial charge in [0, 0.05) is 5.54 Å². The standard InChI is InChI=1S/C14H29NO/c1-5-9-12(2)13(16)14(15(3)4)10-7-6-8-11-14/h12-13,16H,5-11H2,1-4H3. The summed E-state index contributed by atoms with van der Waals surface area (Å²) >= 11 is 0. The minimum Gasteiger partial charge on any atom is -0.391 e. The highest BCUT2D eigenvalue weighted by Gasteiger charge is 2.42. The van der Waals surface area contributed by atoms with Gasteiger partial charge in [-0.3, -0.25) is 0 Å². The molecule has 0 amide bonds. The molecule has 0 radical (unpaired) electrons. The SMILES string of the molecule is CCCC(C)C(O)C1(N(C)C)CCCCC1. The van der Waals surface area contributed by atoms with E-state index in [1.54, 1.807) is 0 Å². The first kappa shape index (κ1) is 14.0. The summed E-state index contributed by atoms with van der Waals surface area (Å²) in [5, 5.41) is 10.7. The van der Waals surface area contributed by atoms with E-state index in [2.05, 4.69) is 32.8 Å². The number of aliphatic hydroxyl groups is 1. The molecule has 0 aliphatic heterocycles. The lowest BCUT2D eigenvalue weighted by Gasteiger charge is -2.48. The minimum atomic E-state index is -0.164. The zero-order valence-electron chi connectivity index (χ0n) is 11.5. The molecule has 0 bridgehead atoms. The Balaban J connectivity index is 2.75. The largest absolute Gasteiger partial charge is 0.391 e. The van der Waals surface area contributed by atoms with Crippen molar-refractivity contribution in [2.45, 2.75) is 70.4 Å². The highest BCUT2D eigenvalue weighted by Crippen LogP contribution is 2.38. The summed E-state index contributed by atoms with van der Waals surface area (Å²) in [5.41, 5.74) is 0.0484. The van der Waals surface area contributed by atoms with Crippen molar-refractivity contribution in [2.75, 3.05) is 14.1 Å². The van der Waals surface area contributed by atoms with Crippen molar-refractivity contribution < 1.29 is 5.11 Å². The van der Waals surface area contributed by atoms with E-state index in [0.717, 1.165) is 19.3 Å². The second-order valence-electron chi connectivity index (χ2n) is 5.77. The van der Waals surface area contributed by atoms with E-state index in [4.69, 9.17) is 0 Å². The van der Waals surface area contributed by atoms with Crippen molar-refractivity contribution in [1.29, 1.82) is 0 Å². The van der Waals surface area contributed by atoms with Crippen LogP contribution in [0.15, 0.2) is 0 Å². The van der Waals surface area contributed by atoms with Gasteiger partial charge >= 0.3 is 0 Å². The Morgan fingerprint density at radius 3 is 2.19 bits per heavy atom. The van der Waals surface area contributed by atoms with Gasteiger partial charge in [-0.2, -0.15) is 0 Å². The van der Waals surface area contributed by atoms with E-state index in [9.17, 15) is 5.11 Å². The molecule has 1 N–H and O–H groups in total. The van der Waals surface area contributed by atoms with Crippen LogP contribution in [0.25, 0.3) is 0 Å². The molecule has 1 saturated carbocycles. The van der Waals surface area contributed by atoms with Crippen LogP contribution in [0.5, 0.6) is 0 Å². The summed E-state index contributed by atoms with van der Waals surface area (Å²) < 4.78 is 0. The fourth-order valence-corrected chi connectivity index (χ4v) is 3.31. The van der Waals surface area contributed by atoms with Gasteiger partial charge in [0.2, 0.25) is 0 Å². The Morgan fingerprint density at radius 2 is 1.75 bits per heavy atom. The number of hydrogen-bond donors (Lipinski definition) is 1. The summed E-state index contributed by atoms with van der Waals surface area (Å²) in [6.45, 7) is 4.40. The first-order chi connectivity index (χ1) is 7.54. The van der Waals surface area contributed by atoms with Gasteiger partial charge in [0.1, 0.15) is 0 Å². The molecule has 0 saturated heterocycles. The Morgan fingerprint density at radius 1 is 1.19 bits per heavy atom. The molecule has 16 heavy (non-hydrogen) atoms. The predicted octanol–water partition coefficient (Wildman–Crippen LogP) is 3.05. The van der Waals surface area contributed by atoms with Crippen molar-refractivity contribution >= 4 is 0 Å². The molecular weight excluding hydrogens is 198 g/mol. The molecule has 0 aromatic rings. The van der Waals surface area contributed by atoms with Gasteiger partial charge in [-0.15, -0.1) is 0 Å². The Kier molecular flexibility index (Phi) is 5.26. The van der Waals surface area contributed by atoms with Crippen molar-refractivity contribution in [3.63, 3.8) is 0 Å². The van der Waals surface area contributed by atoms with Crippen LogP contribution in [0.1, 0.15) is 58.8 Å². The van der Waals surface area contributed by atoms with Crippen LogP contribution >= 0.6 is 0 Å². The Bertz CT molecular complexity index is 197. The maximum Gasteiger partial charge on any atom is 0.0749 e. The molecule has 1 fully saturated rings. The zero-order valence-corrected chi connectivity index (χ0v) is 11.5. The van der Waals surface area contributed by atoms with Crippen molar-refractivity contribution in [3.8, 4) is 0 Å². The van der Waals surface area contributed by atoms with Crippen molar-refractivity contribution in [1.82, 2.24) is 4.90 Å². The molecule has 2 atom stereocenters. The fraction of sp³-hybridized carbons (Fsp3) is 1.00. The van der Waals surface area contributed by atoms with Gasteiger partial charge in [-0.05, 0) is 39.3 Å². The highest BCUT2D eigenvalue weighted by molar-refractivity contribution is 4.98. The second-order valence-corrected chi connectivity index (χ2v) is 5.77. The Labute approximate surface area is 101 Å². The molecule has 1 aliphatic rings. The fourth-order valence-electron chi connectivity index (χ4n) is 3.31. The molecule has 2 heteroatoms. The molecule has 0 spiro atoms. The number of aliphatic hydroxyl groups excluding tert-OH is 1. The maximum atomic E-state index is 10.7. The van der Waals surface area contributed by atoms with E-state index in [0.29, 0.717) is 5.92 Å². The minimum absolute atomic E-state index is 0.0484. The normalized spacial score (nSPS) is 24.4. The van der Waals surface area contributed by atoms with Crippen LogP contribution < -0.4 is 0 Å². The second kappa shape index (κ2) is 6.02. The van der Waals surface area contributed by atoms with E-state index >= 15 is 0 Å². The summed E-state index contributed by atoms with van der Waals surface area (Å²) in [7, 11) is 4.26. The summed E-state index contributed by atoms with van der Waals surface area (Å²) in [5.74, 6) is 0.422. The van der Waals surface area contributed by atoms with E-state index < -0.39 is 0 Å². The number of nitrogens with zero attached hydrogens (tertiary/aromatic N) is 1. The first-order valence-corrected chi connectivity index (χ1v) is 6.90. The highest BCUT2D eigenvalue weighted by atomic mass is 16.3. The molecular formula is C14H29NO. The average molecular weight is 227 g/mol. The lowest BCUT2D eigenvalue weighted by molar-refractivity contribution is -0.0601. The quantitative estimate of drug-likeness (QED) is 0.780. The maximum absolute atomic E-state index is 10.7. The van der Waals surface area contributed by atoms with Crippen LogP contribution in [-0.2, 0) is 0 Å². The van der Waals surface area contributed by atoms with Crippen LogP contribution in [0, 0.1) is 5.92 Å². The molecule has 0 aromatic heterocycles. The molecule has 2 nitrogen and oxygen atoms in total. The van der Waals surface area contributed by atoms with Gasteiger partial charge in [-0.1, -0.05) is 39.5 Å². The van der Waals surface area contributed by atoms with Crippen LogP contribution in [0.2, 0.25) is 0 Å². The van der Waals surface area contributed by atoms with Gasteiger partial charge in [0.05, 0.1) is 6.10 Å². The third-order valence-corrected chi connectivity index (χ3v) is 4.44. The van der Waals surface area contributed by atoms with Gasteiger partial charge in [0.15, 0.2) is 0 Å². The lowest BCUT2D eigenvalue weighted by Crippen LogP contribution is -2.56. The van der Waals surface area contributed by atoms with Gasteiger partial charge in [0.25, 0.3) is 0 Å².